The molecule has 2 aromatic carbocycles. The van der Waals surface area contributed by atoms with Gasteiger partial charge >= 0.3 is 0 Å². The molecule has 0 heterocycles. The minimum atomic E-state index is -0.583. The van der Waals surface area contributed by atoms with E-state index >= 15 is 0 Å². The van der Waals surface area contributed by atoms with Crippen LogP contribution in [-0.2, 0) is 6.42 Å². The van der Waals surface area contributed by atoms with Crippen molar-refractivity contribution in [3.63, 3.8) is 0 Å². The molecule has 0 atom stereocenters. The van der Waals surface area contributed by atoms with Crippen molar-refractivity contribution in [3.8, 4) is 0 Å². The van der Waals surface area contributed by atoms with Crippen LogP contribution in [0.1, 0.15) is 16.7 Å². The summed E-state index contributed by atoms with van der Waals surface area (Å²) in [6.07, 6.45) is 0.421. The number of nitrogens with one attached hydrogen (secondary N) is 1. The maximum Gasteiger partial charge on any atom is 0.193 e. The molecule has 0 fully saturated rings. The van der Waals surface area contributed by atoms with Gasteiger partial charge < -0.3 is 11.1 Å². The highest BCUT2D eigenvalue weighted by Crippen LogP contribution is 2.14. The van der Waals surface area contributed by atoms with E-state index in [0.717, 1.165) is 17.3 Å². The average molecular weight is 303 g/mol. The van der Waals surface area contributed by atoms with Crippen LogP contribution in [0.3, 0.4) is 0 Å². The monoisotopic (exact) mass is 303 g/mol. The zero-order valence-corrected chi connectivity index (χ0v) is 12.7. The van der Waals surface area contributed by atoms with Gasteiger partial charge in [0.05, 0.1) is 0 Å². The van der Waals surface area contributed by atoms with Crippen molar-refractivity contribution >= 4 is 11.6 Å². The first kappa shape index (κ1) is 15.9. The lowest BCUT2D eigenvalue weighted by atomic mass is 10.1. The van der Waals surface area contributed by atoms with Crippen molar-refractivity contribution in [2.24, 2.45) is 10.7 Å². The van der Waals surface area contributed by atoms with Crippen LogP contribution in [0.5, 0.6) is 0 Å². The number of rotatable bonds is 4. The summed E-state index contributed by atoms with van der Waals surface area (Å²) in [5.74, 6) is -0.888. The number of guanidine groups is 1. The van der Waals surface area contributed by atoms with Gasteiger partial charge in [-0.25, -0.2) is 8.78 Å². The Morgan fingerprint density at radius 2 is 1.73 bits per heavy atom. The highest BCUT2D eigenvalue weighted by molar-refractivity contribution is 5.92. The Morgan fingerprint density at radius 3 is 2.36 bits per heavy atom. The van der Waals surface area contributed by atoms with Crippen LogP contribution >= 0.6 is 0 Å². The molecule has 0 unspecified atom stereocenters. The molecule has 0 amide bonds. The van der Waals surface area contributed by atoms with Gasteiger partial charge in [-0.1, -0.05) is 6.07 Å². The fourth-order valence-electron chi connectivity index (χ4n) is 2.07. The van der Waals surface area contributed by atoms with E-state index in [1.54, 1.807) is 0 Å². The van der Waals surface area contributed by atoms with Crippen LogP contribution in [0, 0.1) is 25.5 Å². The minimum absolute atomic E-state index is 0.278. The first-order chi connectivity index (χ1) is 10.4. The zero-order chi connectivity index (χ0) is 16.1. The SMILES string of the molecule is Cc1ccc(NC(N)=NCCc2cc(F)cc(F)c2)cc1C. The summed E-state index contributed by atoms with van der Waals surface area (Å²) in [6, 6.07) is 9.35. The molecule has 3 N–H and O–H groups in total. The molecule has 0 saturated heterocycles. The highest BCUT2D eigenvalue weighted by atomic mass is 19.1. The van der Waals surface area contributed by atoms with E-state index in [1.165, 1.54) is 17.7 Å². The number of anilines is 1. The topological polar surface area (TPSA) is 50.4 Å². The summed E-state index contributed by atoms with van der Waals surface area (Å²) in [7, 11) is 0. The molecular formula is C17H19F2N3. The summed E-state index contributed by atoms with van der Waals surface area (Å²) >= 11 is 0. The van der Waals surface area contributed by atoms with Crippen molar-refractivity contribution in [1.29, 1.82) is 0 Å². The number of nitrogens with two attached hydrogens (primary N) is 1. The lowest BCUT2D eigenvalue weighted by Crippen LogP contribution is -2.23. The standard InChI is InChI=1S/C17H19F2N3/c1-11-3-4-16(7-12(11)2)22-17(20)21-6-5-13-8-14(18)10-15(19)9-13/h3-4,7-10H,5-6H2,1-2H3,(H3,20,21,22). The van der Waals surface area contributed by atoms with Gasteiger partial charge in [-0.15, -0.1) is 0 Å². The fourth-order valence-corrected chi connectivity index (χ4v) is 2.07. The van der Waals surface area contributed by atoms with E-state index in [0.29, 0.717) is 18.5 Å². The average Bonchev–Trinajstić information content (AvgIpc) is 2.42. The Labute approximate surface area is 128 Å². The summed E-state index contributed by atoms with van der Waals surface area (Å²) in [5, 5.41) is 3.00. The smallest absolute Gasteiger partial charge is 0.193 e. The van der Waals surface area contributed by atoms with E-state index in [9.17, 15) is 8.78 Å². The summed E-state index contributed by atoms with van der Waals surface area (Å²) < 4.78 is 26.1. The predicted octanol–water partition coefficient (Wildman–Crippen LogP) is 3.55. The van der Waals surface area contributed by atoms with Crippen molar-refractivity contribution in [3.05, 3.63) is 64.7 Å². The van der Waals surface area contributed by atoms with Crippen LogP contribution in [0.4, 0.5) is 14.5 Å². The van der Waals surface area contributed by atoms with Crippen molar-refractivity contribution < 1.29 is 8.78 Å². The third-order valence-corrected chi connectivity index (χ3v) is 3.38. The molecule has 2 aromatic rings. The van der Waals surface area contributed by atoms with Gasteiger partial charge in [0.1, 0.15) is 11.6 Å². The third-order valence-electron chi connectivity index (χ3n) is 3.38. The summed E-state index contributed by atoms with van der Waals surface area (Å²) in [5.41, 5.74) is 9.59. The van der Waals surface area contributed by atoms with Crippen molar-refractivity contribution in [2.75, 3.05) is 11.9 Å². The van der Waals surface area contributed by atoms with E-state index in [1.807, 2.05) is 32.0 Å². The number of aliphatic imine (C=N–C) groups is 1. The third kappa shape index (κ3) is 4.55. The number of halogens is 2. The Kier molecular flexibility index (Phi) is 5.09. The number of aryl methyl sites for hydroxylation is 2. The second-order valence-corrected chi connectivity index (χ2v) is 5.22. The molecule has 0 radical (unpaired) electrons. The van der Waals surface area contributed by atoms with E-state index in [-0.39, 0.29) is 5.96 Å². The van der Waals surface area contributed by atoms with Crippen LogP contribution < -0.4 is 11.1 Å². The fraction of sp³-hybridized carbons (Fsp3) is 0.235. The van der Waals surface area contributed by atoms with E-state index in [2.05, 4.69) is 10.3 Å². The van der Waals surface area contributed by atoms with Crippen molar-refractivity contribution in [2.45, 2.75) is 20.3 Å². The van der Waals surface area contributed by atoms with E-state index < -0.39 is 11.6 Å². The molecule has 3 nitrogen and oxygen atoms in total. The number of benzene rings is 2. The Hall–Kier alpha value is -2.43. The van der Waals surface area contributed by atoms with Gasteiger partial charge in [0.15, 0.2) is 5.96 Å². The molecule has 0 spiro atoms. The predicted molar refractivity (Wildman–Crippen MR) is 86.1 cm³/mol. The van der Waals surface area contributed by atoms with E-state index in [4.69, 9.17) is 5.73 Å². The number of nitrogens with zero attached hydrogens (tertiary/aromatic N) is 1. The molecule has 0 aliphatic carbocycles. The molecule has 0 bridgehead atoms. The van der Waals surface area contributed by atoms with Gasteiger partial charge in [0.2, 0.25) is 0 Å². The Bertz CT molecular complexity index is 676. The molecule has 116 valence electrons. The highest BCUT2D eigenvalue weighted by Gasteiger charge is 2.01. The van der Waals surface area contributed by atoms with Crippen LogP contribution in [-0.4, -0.2) is 12.5 Å². The molecule has 2 rings (SSSR count). The summed E-state index contributed by atoms with van der Waals surface area (Å²) in [6.45, 7) is 4.41. The van der Waals surface area contributed by atoms with Crippen LogP contribution in [0.25, 0.3) is 0 Å². The van der Waals surface area contributed by atoms with Gasteiger partial charge in [-0.3, -0.25) is 4.99 Å². The van der Waals surface area contributed by atoms with Crippen molar-refractivity contribution in [1.82, 2.24) is 0 Å². The molecule has 0 aliphatic heterocycles. The maximum atomic E-state index is 13.1. The minimum Gasteiger partial charge on any atom is -0.370 e. The van der Waals surface area contributed by atoms with Gasteiger partial charge in [0, 0.05) is 18.3 Å². The van der Waals surface area contributed by atoms with Crippen LogP contribution in [0.2, 0.25) is 0 Å². The zero-order valence-electron chi connectivity index (χ0n) is 12.7. The molecule has 5 heteroatoms. The lowest BCUT2D eigenvalue weighted by molar-refractivity contribution is 0.579. The van der Waals surface area contributed by atoms with Gasteiger partial charge in [-0.2, -0.15) is 0 Å². The van der Waals surface area contributed by atoms with Gasteiger partial charge in [-0.05, 0) is 61.2 Å². The number of hydrogen-bond donors (Lipinski definition) is 2. The van der Waals surface area contributed by atoms with Crippen LogP contribution in [0.15, 0.2) is 41.4 Å². The Balaban J connectivity index is 1.93. The first-order valence-corrected chi connectivity index (χ1v) is 7.03. The largest absolute Gasteiger partial charge is 0.370 e. The molecule has 0 aromatic heterocycles. The Morgan fingerprint density at radius 1 is 1.05 bits per heavy atom. The molecule has 0 saturated carbocycles. The lowest BCUT2D eigenvalue weighted by Gasteiger charge is -2.08. The van der Waals surface area contributed by atoms with Gasteiger partial charge in [0.25, 0.3) is 0 Å². The summed E-state index contributed by atoms with van der Waals surface area (Å²) in [4.78, 5) is 4.16. The second-order valence-electron chi connectivity index (χ2n) is 5.22. The molecular weight excluding hydrogens is 284 g/mol. The first-order valence-electron chi connectivity index (χ1n) is 7.03. The molecule has 22 heavy (non-hydrogen) atoms. The normalized spacial score (nSPS) is 11.5. The maximum absolute atomic E-state index is 13.1. The second kappa shape index (κ2) is 7.02. The quantitative estimate of drug-likeness (QED) is 0.670. The molecule has 0 aliphatic rings. The number of hydrogen-bond acceptors (Lipinski definition) is 1.